The van der Waals surface area contributed by atoms with E-state index >= 15 is 0 Å². The number of aliphatic hydroxyl groups is 1. The number of nitrogens with two attached hydrogens (primary N) is 1. The van der Waals surface area contributed by atoms with Crippen LogP contribution in [0.3, 0.4) is 0 Å². The highest BCUT2D eigenvalue weighted by molar-refractivity contribution is 7.86. The number of nitrogens with zero attached hydrogens (tertiary/aromatic N) is 3. The van der Waals surface area contributed by atoms with E-state index in [-0.39, 0.29) is 12.6 Å². The van der Waals surface area contributed by atoms with Gasteiger partial charge in [-0.25, -0.2) is 0 Å². The van der Waals surface area contributed by atoms with E-state index in [1.165, 1.54) is 8.61 Å². The van der Waals surface area contributed by atoms with E-state index in [4.69, 9.17) is 5.73 Å². The first-order valence-corrected chi connectivity index (χ1v) is 7.94. The molecule has 1 aliphatic rings. The molecule has 0 bridgehead atoms. The monoisotopic (exact) mass is 294 g/mol. The smallest absolute Gasteiger partial charge is 0.282 e. The predicted octanol–water partition coefficient (Wildman–Crippen LogP) is -1.49. The maximum absolute atomic E-state index is 12.5. The largest absolute Gasteiger partial charge is 0.392 e. The number of rotatable bonds is 7. The second kappa shape index (κ2) is 6.96. The highest BCUT2D eigenvalue weighted by Gasteiger charge is 2.40. The molecule has 8 heteroatoms. The number of likely N-dealkylation sites (N-methyl/N-ethyl adjacent to an activating group) is 1. The number of hydrogen-bond donors (Lipinski definition) is 2. The van der Waals surface area contributed by atoms with Crippen molar-refractivity contribution >= 4 is 10.2 Å². The molecule has 114 valence electrons. The summed E-state index contributed by atoms with van der Waals surface area (Å²) < 4.78 is 27.6. The molecule has 0 aromatic heterocycles. The normalized spacial score (nSPS) is 25.6. The highest BCUT2D eigenvalue weighted by Crippen LogP contribution is 2.23. The van der Waals surface area contributed by atoms with Crippen LogP contribution < -0.4 is 5.73 Å². The van der Waals surface area contributed by atoms with Crippen molar-refractivity contribution in [3.8, 4) is 0 Å². The van der Waals surface area contributed by atoms with Gasteiger partial charge in [0.2, 0.25) is 0 Å². The van der Waals surface area contributed by atoms with Crippen LogP contribution in [0.1, 0.15) is 12.8 Å². The van der Waals surface area contributed by atoms with E-state index in [0.717, 1.165) is 0 Å². The highest BCUT2D eigenvalue weighted by atomic mass is 32.2. The van der Waals surface area contributed by atoms with Crippen molar-refractivity contribution in [2.24, 2.45) is 5.73 Å². The van der Waals surface area contributed by atoms with Crippen molar-refractivity contribution in [1.82, 2.24) is 13.5 Å². The van der Waals surface area contributed by atoms with Crippen molar-refractivity contribution in [1.29, 1.82) is 0 Å². The maximum Gasteiger partial charge on any atom is 0.282 e. The Morgan fingerprint density at radius 2 is 2.00 bits per heavy atom. The topological polar surface area (TPSA) is 90.1 Å². The SMILES string of the molecule is CN(C)CC1CC(O)CN1S(=O)(=O)N(C)CCCN. The second-order valence-electron chi connectivity index (χ2n) is 5.35. The van der Waals surface area contributed by atoms with E-state index in [0.29, 0.717) is 32.5 Å². The van der Waals surface area contributed by atoms with Crippen molar-refractivity contribution < 1.29 is 13.5 Å². The Kier molecular flexibility index (Phi) is 6.15. The Bertz CT molecular complexity index is 374. The van der Waals surface area contributed by atoms with Gasteiger partial charge in [-0.1, -0.05) is 0 Å². The lowest BCUT2D eigenvalue weighted by Crippen LogP contribution is -2.47. The summed E-state index contributed by atoms with van der Waals surface area (Å²) in [5.74, 6) is 0. The van der Waals surface area contributed by atoms with E-state index in [2.05, 4.69) is 0 Å². The summed E-state index contributed by atoms with van der Waals surface area (Å²) in [5, 5.41) is 9.74. The van der Waals surface area contributed by atoms with Gasteiger partial charge in [-0.3, -0.25) is 0 Å². The second-order valence-corrected chi connectivity index (χ2v) is 7.33. The molecule has 2 atom stereocenters. The van der Waals surface area contributed by atoms with Crippen LogP contribution in [0.25, 0.3) is 0 Å². The first-order valence-electron chi connectivity index (χ1n) is 6.55. The van der Waals surface area contributed by atoms with Crippen LogP contribution in [0.15, 0.2) is 0 Å². The molecule has 3 N–H and O–H groups in total. The fourth-order valence-corrected chi connectivity index (χ4v) is 3.95. The standard InChI is InChI=1S/C11H26N4O3S/c1-13(2)8-10-7-11(16)9-15(10)19(17,18)14(3)6-4-5-12/h10-11,16H,4-9,12H2,1-3H3. The fraction of sp³-hybridized carbons (Fsp3) is 1.00. The predicted molar refractivity (Wildman–Crippen MR) is 74.9 cm³/mol. The Hall–Kier alpha value is -0.250. The molecule has 7 nitrogen and oxygen atoms in total. The van der Waals surface area contributed by atoms with Crippen LogP contribution in [0, 0.1) is 0 Å². The number of β-amino-alcohol motifs (C(OH)–C–C–N with tert-alkyl or cyclic N) is 1. The summed E-state index contributed by atoms with van der Waals surface area (Å²) in [7, 11) is 1.84. The molecule has 1 fully saturated rings. The van der Waals surface area contributed by atoms with E-state index < -0.39 is 16.3 Å². The van der Waals surface area contributed by atoms with E-state index in [1.54, 1.807) is 7.05 Å². The zero-order valence-corrected chi connectivity index (χ0v) is 12.8. The molecular weight excluding hydrogens is 268 g/mol. The average molecular weight is 294 g/mol. The van der Waals surface area contributed by atoms with Crippen molar-refractivity contribution in [2.75, 3.05) is 47.3 Å². The molecule has 1 heterocycles. The fourth-order valence-electron chi connectivity index (χ4n) is 2.34. The van der Waals surface area contributed by atoms with Crippen molar-refractivity contribution in [2.45, 2.75) is 25.0 Å². The minimum atomic E-state index is -3.51. The molecule has 1 aliphatic heterocycles. The summed E-state index contributed by atoms with van der Waals surface area (Å²) in [5.41, 5.74) is 5.41. The van der Waals surface area contributed by atoms with Gasteiger partial charge in [0.1, 0.15) is 0 Å². The van der Waals surface area contributed by atoms with Crippen LogP contribution in [-0.2, 0) is 10.2 Å². The summed E-state index contributed by atoms with van der Waals surface area (Å²) in [6.45, 7) is 1.65. The van der Waals surface area contributed by atoms with Crippen molar-refractivity contribution in [3.63, 3.8) is 0 Å². The third kappa shape index (κ3) is 4.37. The molecule has 1 saturated heterocycles. The first kappa shape index (κ1) is 16.8. The molecule has 0 aromatic rings. The third-order valence-corrected chi connectivity index (χ3v) is 5.30. The van der Waals surface area contributed by atoms with Crippen molar-refractivity contribution in [3.05, 3.63) is 0 Å². The van der Waals surface area contributed by atoms with Crippen LogP contribution in [0.2, 0.25) is 0 Å². The van der Waals surface area contributed by atoms with Gasteiger partial charge in [0.25, 0.3) is 10.2 Å². The minimum Gasteiger partial charge on any atom is -0.392 e. The molecule has 19 heavy (non-hydrogen) atoms. The van der Waals surface area contributed by atoms with E-state index in [1.807, 2.05) is 19.0 Å². The average Bonchev–Trinajstić information content (AvgIpc) is 2.66. The Morgan fingerprint density at radius 3 is 2.53 bits per heavy atom. The number of aliphatic hydroxyl groups excluding tert-OH is 1. The van der Waals surface area contributed by atoms with Gasteiger partial charge in [-0.05, 0) is 33.5 Å². The lowest BCUT2D eigenvalue weighted by atomic mass is 10.2. The molecule has 0 aromatic carbocycles. The number of hydrogen-bond acceptors (Lipinski definition) is 5. The lowest BCUT2D eigenvalue weighted by molar-refractivity contribution is 0.187. The molecular formula is C11H26N4O3S. The third-order valence-electron chi connectivity index (χ3n) is 3.29. The summed E-state index contributed by atoms with van der Waals surface area (Å²) in [4.78, 5) is 1.94. The first-order chi connectivity index (χ1) is 8.78. The Labute approximate surface area is 116 Å². The molecule has 1 rings (SSSR count). The van der Waals surface area contributed by atoms with Gasteiger partial charge in [0.05, 0.1) is 6.10 Å². The van der Waals surface area contributed by atoms with Crippen LogP contribution >= 0.6 is 0 Å². The molecule has 0 saturated carbocycles. The van der Waals surface area contributed by atoms with Crippen LogP contribution in [0.4, 0.5) is 0 Å². The quantitative estimate of drug-likeness (QED) is 0.597. The van der Waals surface area contributed by atoms with Gasteiger partial charge in [-0.15, -0.1) is 0 Å². The zero-order valence-electron chi connectivity index (χ0n) is 12.0. The van der Waals surface area contributed by atoms with Gasteiger partial charge in [0, 0.05) is 32.7 Å². The van der Waals surface area contributed by atoms with Gasteiger partial charge < -0.3 is 15.7 Å². The molecule has 2 unspecified atom stereocenters. The molecule has 0 radical (unpaired) electrons. The van der Waals surface area contributed by atoms with E-state index in [9.17, 15) is 13.5 Å². The summed E-state index contributed by atoms with van der Waals surface area (Å²) in [6, 6.07) is -0.171. The van der Waals surface area contributed by atoms with Gasteiger partial charge >= 0.3 is 0 Å². The minimum absolute atomic E-state index is 0.171. The summed E-state index contributed by atoms with van der Waals surface area (Å²) in [6.07, 6.45) is 0.537. The van der Waals surface area contributed by atoms with Gasteiger partial charge in [-0.2, -0.15) is 17.0 Å². The zero-order chi connectivity index (χ0) is 14.6. The summed E-state index contributed by atoms with van der Waals surface area (Å²) >= 11 is 0. The molecule has 0 amide bonds. The Balaban J connectivity index is 2.79. The lowest BCUT2D eigenvalue weighted by Gasteiger charge is -2.30. The van der Waals surface area contributed by atoms with Crippen LogP contribution in [-0.4, -0.2) is 86.5 Å². The Morgan fingerprint density at radius 1 is 1.37 bits per heavy atom. The molecule has 0 aliphatic carbocycles. The van der Waals surface area contributed by atoms with Crippen LogP contribution in [0.5, 0.6) is 0 Å². The molecule has 0 spiro atoms. The maximum atomic E-state index is 12.5. The van der Waals surface area contributed by atoms with Gasteiger partial charge in [0.15, 0.2) is 0 Å².